The summed E-state index contributed by atoms with van der Waals surface area (Å²) in [5, 5.41) is 0.663. The largest absolute Gasteiger partial charge is 0.342 e. The number of aromatic amines is 1. The Kier molecular flexibility index (Phi) is 3.00. The maximum absolute atomic E-state index is 12.0. The third-order valence-electron chi connectivity index (χ3n) is 3.51. The zero-order valence-corrected chi connectivity index (χ0v) is 10.4. The first-order valence-corrected chi connectivity index (χ1v) is 6.58. The van der Waals surface area contributed by atoms with Crippen molar-refractivity contribution < 1.29 is 0 Å². The molecule has 4 nitrogen and oxygen atoms in total. The van der Waals surface area contributed by atoms with Crippen molar-refractivity contribution in [1.29, 1.82) is 0 Å². The lowest BCUT2D eigenvalue weighted by atomic mass is 10.2. The Morgan fingerprint density at radius 2 is 1.78 bits per heavy atom. The Morgan fingerprint density at radius 1 is 1.06 bits per heavy atom. The third-order valence-corrected chi connectivity index (χ3v) is 3.51. The molecule has 1 aromatic heterocycles. The topological polar surface area (TPSA) is 49.0 Å². The van der Waals surface area contributed by atoms with Gasteiger partial charge in [-0.2, -0.15) is 0 Å². The number of hydrogen-bond acceptors (Lipinski definition) is 3. The van der Waals surface area contributed by atoms with Gasteiger partial charge < -0.3 is 4.90 Å². The maximum atomic E-state index is 12.0. The molecule has 2 aromatic rings. The summed E-state index contributed by atoms with van der Waals surface area (Å²) in [6, 6.07) is 7.49. The lowest BCUT2D eigenvalue weighted by Gasteiger charge is -2.20. The zero-order valence-electron chi connectivity index (χ0n) is 10.4. The highest BCUT2D eigenvalue weighted by Crippen LogP contribution is 2.16. The van der Waals surface area contributed by atoms with E-state index in [0.717, 1.165) is 24.6 Å². The van der Waals surface area contributed by atoms with Crippen LogP contribution in [0.1, 0.15) is 25.7 Å². The van der Waals surface area contributed by atoms with Crippen LogP contribution in [0.4, 0.5) is 5.95 Å². The van der Waals surface area contributed by atoms with Crippen LogP contribution in [0.25, 0.3) is 10.9 Å². The number of anilines is 1. The van der Waals surface area contributed by atoms with Crippen LogP contribution < -0.4 is 10.5 Å². The van der Waals surface area contributed by atoms with Crippen molar-refractivity contribution >= 4 is 16.9 Å². The predicted molar refractivity (Wildman–Crippen MR) is 73.0 cm³/mol. The monoisotopic (exact) mass is 243 g/mol. The van der Waals surface area contributed by atoms with Crippen molar-refractivity contribution in [3.8, 4) is 0 Å². The van der Waals surface area contributed by atoms with E-state index in [1.54, 1.807) is 0 Å². The molecule has 1 saturated heterocycles. The van der Waals surface area contributed by atoms with Gasteiger partial charge in [0, 0.05) is 13.1 Å². The van der Waals surface area contributed by atoms with Crippen LogP contribution >= 0.6 is 0 Å². The van der Waals surface area contributed by atoms with Gasteiger partial charge in [0.15, 0.2) is 0 Å². The van der Waals surface area contributed by atoms with Crippen molar-refractivity contribution in [2.45, 2.75) is 25.7 Å². The summed E-state index contributed by atoms with van der Waals surface area (Å²) in [5.74, 6) is 0.723. The molecule has 0 saturated carbocycles. The smallest absolute Gasteiger partial charge is 0.260 e. The van der Waals surface area contributed by atoms with Gasteiger partial charge >= 0.3 is 0 Å². The van der Waals surface area contributed by atoms with Gasteiger partial charge in [0.2, 0.25) is 5.95 Å². The molecular formula is C14H17N3O. The predicted octanol–water partition coefficient (Wildman–Crippen LogP) is 2.30. The second-order valence-corrected chi connectivity index (χ2v) is 4.81. The number of benzene rings is 1. The van der Waals surface area contributed by atoms with Crippen LogP contribution in [-0.4, -0.2) is 23.1 Å². The summed E-state index contributed by atoms with van der Waals surface area (Å²) in [7, 11) is 0. The normalized spacial score (nSPS) is 16.8. The maximum Gasteiger partial charge on any atom is 0.260 e. The number of aromatic nitrogens is 2. The van der Waals surface area contributed by atoms with E-state index in [1.165, 1.54) is 25.7 Å². The van der Waals surface area contributed by atoms with Crippen molar-refractivity contribution in [1.82, 2.24) is 9.97 Å². The minimum atomic E-state index is -0.0418. The van der Waals surface area contributed by atoms with E-state index in [9.17, 15) is 4.79 Å². The van der Waals surface area contributed by atoms with Crippen LogP contribution in [0.15, 0.2) is 29.1 Å². The van der Waals surface area contributed by atoms with Gasteiger partial charge in [-0.3, -0.25) is 9.78 Å². The summed E-state index contributed by atoms with van der Waals surface area (Å²) in [6.45, 7) is 1.97. The van der Waals surface area contributed by atoms with E-state index in [0.29, 0.717) is 5.39 Å². The molecule has 0 amide bonds. The molecule has 1 fully saturated rings. The molecule has 0 bridgehead atoms. The molecule has 0 radical (unpaired) electrons. The van der Waals surface area contributed by atoms with Crippen LogP contribution in [0.3, 0.4) is 0 Å². The zero-order chi connectivity index (χ0) is 12.4. The fourth-order valence-electron chi connectivity index (χ4n) is 2.51. The SMILES string of the molecule is O=c1[nH]c(N2CCCCCC2)nc2ccccc12. The number of hydrogen-bond donors (Lipinski definition) is 1. The minimum Gasteiger partial charge on any atom is -0.342 e. The van der Waals surface area contributed by atoms with Gasteiger partial charge in [-0.25, -0.2) is 4.98 Å². The molecule has 1 N–H and O–H groups in total. The van der Waals surface area contributed by atoms with E-state index in [-0.39, 0.29) is 5.56 Å². The van der Waals surface area contributed by atoms with E-state index in [4.69, 9.17) is 0 Å². The summed E-state index contributed by atoms with van der Waals surface area (Å²) in [4.78, 5) is 21.7. The molecular weight excluding hydrogens is 226 g/mol. The Hall–Kier alpha value is -1.84. The molecule has 3 rings (SSSR count). The molecule has 0 spiro atoms. The Bertz CT molecular complexity index is 597. The highest BCUT2D eigenvalue weighted by molar-refractivity contribution is 5.78. The molecule has 0 unspecified atom stereocenters. The number of para-hydroxylation sites is 1. The fourth-order valence-corrected chi connectivity index (χ4v) is 2.51. The average Bonchev–Trinajstić information content (AvgIpc) is 2.67. The molecule has 4 heteroatoms. The number of nitrogens with zero attached hydrogens (tertiary/aromatic N) is 2. The van der Waals surface area contributed by atoms with Gasteiger partial charge in [0.1, 0.15) is 0 Å². The summed E-state index contributed by atoms with van der Waals surface area (Å²) >= 11 is 0. The summed E-state index contributed by atoms with van der Waals surface area (Å²) in [6.07, 6.45) is 4.90. The van der Waals surface area contributed by atoms with Gasteiger partial charge in [0.05, 0.1) is 10.9 Å². The van der Waals surface area contributed by atoms with Crippen LogP contribution in [0.5, 0.6) is 0 Å². The number of nitrogens with one attached hydrogen (secondary N) is 1. The lowest BCUT2D eigenvalue weighted by Crippen LogP contribution is -2.28. The van der Waals surface area contributed by atoms with Crippen LogP contribution in [0.2, 0.25) is 0 Å². The summed E-state index contributed by atoms with van der Waals surface area (Å²) < 4.78 is 0. The first-order valence-electron chi connectivity index (χ1n) is 6.58. The van der Waals surface area contributed by atoms with E-state index in [1.807, 2.05) is 24.3 Å². The Morgan fingerprint density at radius 3 is 2.56 bits per heavy atom. The van der Waals surface area contributed by atoms with E-state index in [2.05, 4.69) is 14.9 Å². The molecule has 1 aliphatic heterocycles. The minimum absolute atomic E-state index is 0.0418. The molecule has 0 atom stereocenters. The molecule has 2 heterocycles. The molecule has 0 aliphatic carbocycles. The Balaban J connectivity index is 2.04. The number of H-pyrrole nitrogens is 1. The van der Waals surface area contributed by atoms with Gasteiger partial charge in [-0.1, -0.05) is 25.0 Å². The van der Waals surface area contributed by atoms with Crippen molar-refractivity contribution in [3.05, 3.63) is 34.6 Å². The van der Waals surface area contributed by atoms with Gasteiger partial charge in [0.25, 0.3) is 5.56 Å². The fraction of sp³-hybridized carbons (Fsp3) is 0.429. The highest BCUT2D eigenvalue weighted by atomic mass is 16.1. The van der Waals surface area contributed by atoms with Crippen molar-refractivity contribution in [3.63, 3.8) is 0 Å². The molecule has 94 valence electrons. The van der Waals surface area contributed by atoms with E-state index < -0.39 is 0 Å². The van der Waals surface area contributed by atoms with Crippen molar-refractivity contribution in [2.75, 3.05) is 18.0 Å². The van der Waals surface area contributed by atoms with E-state index >= 15 is 0 Å². The van der Waals surface area contributed by atoms with Crippen molar-refractivity contribution in [2.24, 2.45) is 0 Å². The second kappa shape index (κ2) is 4.80. The van der Waals surface area contributed by atoms with Gasteiger partial charge in [-0.15, -0.1) is 0 Å². The first kappa shape index (κ1) is 11.3. The first-order chi connectivity index (χ1) is 8.84. The average molecular weight is 243 g/mol. The highest BCUT2D eigenvalue weighted by Gasteiger charge is 2.13. The molecule has 18 heavy (non-hydrogen) atoms. The van der Waals surface area contributed by atoms with Gasteiger partial charge in [-0.05, 0) is 25.0 Å². The summed E-state index contributed by atoms with van der Waals surface area (Å²) in [5.41, 5.74) is 0.736. The Labute approximate surface area is 106 Å². The third kappa shape index (κ3) is 2.10. The number of rotatable bonds is 1. The number of fused-ring (bicyclic) bond motifs is 1. The molecule has 1 aromatic carbocycles. The quantitative estimate of drug-likeness (QED) is 0.836. The van der Waals surface area contributed by atoms with Crippen LogP contribution in [0, 0.1) is 0 Å². The lowest BCUT2D eigenvalue weighted by molar-refractivity contribution is 0.726. The standard InChI is InChI=1S/C14H17N3O/c18-13-11-7-3-4-8-12(11)15-14(16-13)17-9-5-1-2-6-10-17/h3-4,7-8H,1-2,5-6,9-10H2,(H,15,16,18). The second-order valence-electron chi connectivity index (χ2n) is 4.81. The van der Waals surface area contributed by atoms with Crippen LogP contribution in [-0.2, 0) is 0 Å². The molecule has 1 aliphatic rings.